The second-order valence-electron chi connectivity index (χ2n) is 5.35. The summed E-state index contributed by atoms with van der Waals surface area (Å²) in [6.45, 7) is 2.14. The highest BCUT2D eigenvalue weighted by molar-refractivity contribution is 5.96. The van der Waals surface area contributed by atoms with E-state index in [4.69, 9.17) is 0 Å². The number of carbonyl (C=O) groups excluding carboxylic acids is 1. The third-order valence-electron chi connectivity index (χ3n) is 4.03. The monoisotopic (exact) mass is 300 g/mol. The van der Waals surface area contributed by atoms with Gasteiger partial charge in [-0.3, -0.25) is 4.79 Å². The number of halogens is 3. The molecule has 0 unspecified atom stereocenters. The van der Waals surface area contributed by atoms with Crippen LogP contribution in [0.4, 0.5) is 18.9 Å². The first-order valence-electron chi connectivity index (χ1n) is 6.82. The summed E-state index contributed by atoms with van der Waals surface area (Å²) in [5.41, 5.74) is 0.611. The van der Waals surface area contributed by atoms with Gasteiger partial charge in [-0.1, -0.05) is 0 Å². The molecule has 0 bridgehead atoms. The molecule has 2 saturated heterocycles. The van der Waals surface area contributed by atoms with Gasteiger partial charge >= 0.3 is 6.36 Å². The maximum atomic E-state index is 12.4. The quantitative estimate of drug-likeness (QED) is 0.910. The number of benzene rings is 1. The molecule has 21 heavy (non-hydrogen) atoms. The van der Waals surface area contributed by atoms with Crippen LogP contribution in [-0.4, -0.2) is 31.9 Å². The molecule has 4 nitrogen and oxygen atoms in total. The Morgan fingerprint density at radius 2 is 1.90 bits per heavy atom. The van der Waals surface area contributed by atoms with Gasteiger partial charge in [-0.25, -0.2) is 0 Å². The average Bonchev–Trinajstić information content (AvgIpc) is 2.88. The Morgan fingerprint density at radius 1 is 1.19 bits per heavy atom. The Labute approximate surface area is 119 Å². The Bertz CT molecular complexity index is 530. The Kier molecular flexibility index (Phi) is 3.52. The highest BCUT2D eigenvalue weighted by Gasteiger charge is 2.40. The van der Waals surface area contributed by atoms with Gasteiger partial charge < -0.3 is 15.0 Å². The van der Waals surface area contributed by atoms with Crippen molar-refractivity contribution in [2.75, 3.05) is 24.5 Å². The van der Waals surface area contributed by atoms with Gasteiger partial charge in [0.05, 0.1) is 5.92 Å². The molecule has 2 aliphatic rings. The van der Waals surface area contributed by atoms with Crippen molar-refractivity contribution >= 4 is 11.6 Å². The summed E-state index contributed by atoms with van der Waals surface area (Å²) >= 11 is 0. The Balaban J connectivity index is 1.73. The predicted octanol–water partition coefficient (Wildman–Crippen LogP) is 2.16. The molecule has 2 atom stereocenters. The van der Waals surface area contributed by atoms with Gasteiger partial charge in [0.1, 0.15) is 5.75 Å². The molecular weight excluding hydrogens is 285 g/mol. The molecule has 2 heterocycles. The number of ether oxygens (including phenoxy) is 1. The van der Waals surface area contributed by atoms with Gasteiger partial charge in [0.25, 0.3) is 0 Å². The summed E-state index contributed by atoms with van der Waals surface area (Å²) in [6, 6.07) is 5.44. The van der Waals surface area contributed by atoms with Crippen molar-refractivity contribution in [3.8, 4) is 5.75 Å². The zero-order valence-electron chi connectivity index (χ0n) is 11.2. The lowest BCUT2D eigenvalue weighted by atomic mass is 9.87. The van der Waals surface area contributed by atoms with Crippen molar-refractivity contribution in [1.82, 2.24) is 5.32 Å². The summed E-state index contributed by atoms with van der Waals surface area (Å²) in [7, 11) is 0. The lowest BCUT2D eigenvalue weighted by Crippen LogP contribution is -2.45. The van der Waals surface area contributed by atoms with Gasteiger partial charge in [-0.05, 0) is 43.1 Å². The van der Waals surface area contributed by atoms with E-state index in [0.717, 1.165) is 13.0 Å². The first-order valence-corrected chi connectivity index (χ1v) is 6.82. The van der Waals surface area contributed by atoms with Crippen LogP contribution in [-0.2, 0) is 4.79 Å². The Hall–Kier alpha value is -1.76. The fraction of sp³-hybridized carbons (Fsp3) is 0.500. The van der Waals surface area contributed by atoms with E-state index < -0.39 is 6.36 Å². The zero-order chi connectivity index (χ0) is 15.0. The number of nitrogens with zero attached hydrogens (tertiary/aromatic N) is 1. The summed E-state index contributed by atoms with van der Waals surface area (Å²) in [5.74, 6) is 0.114. The van der Waals surface area contributed by atoms with E-state index in [1.807, 2.05) is 0 Å². The van der Waals surface area contributed by atoms with Gasteiger partial charge in [0.2, 0.25) is 5.91 Å². The predicted molar refractivity (Wildman–Crippen MR) is 69.9 cm³/mol. The third kappa shape index (κ3) is 2.97. The van der Waals surface area contributed by atoms with Crippen LogP contribution in [0.3, 0.4) is 0 Å². The van der Waals surface area contributed by atoms with E-state index in [2.05, 4.69) is 10.1 Å². The molecule has 1 amide bonds. The van der Waals surface area contributed by atoms with Crippen LogP contribution in [0.1, 0.15) is 6.42 Å². The first kappa shape index (κ1) is 14.2. The van der Waals surface area contributed by atoms with Crippen molar-refractivity contribution in [1.29, 1.82) is 0 Å². The number of amides is 1. The molecule has 1 aromatic rings. The highest BCUT2D eigenvalue weighted by atomic mass is 19.4. The number of hydrogen-bond acceptors (Lipinski definition) is 3. The number of carbonyl (C=O) groups is 1. The largest absolute Gasteiger partial charge is 0.573 e. The summed E-state index contributed by atoms with van der Waals surface area (Å²) in [5, 5.41) is 3.21. The summed E-state index contributed by atoms with van der Waals surface area (Å²) in [6.07, 6.45) is -3.80. The van der Waals surface area contributed by atoms with Gasteiger partial charge in [-0.15, -0.1) is 13.2 Å². The maximum absolute atomic E-state index is 12.4. The van der Waals surface area contributed by atoms with Crippen LogP contribution in [0.15, 0.2) is 24.3 Å². The van der Waals surface area contributed by atoms with Crippen LogP contribution >= 0.6 is 0 Å². The molecule has 0 aliphatic carbocycles. The second kappa shape index (κ2) is 5.22. The molecule has 2 aliphatic heterocycles. The first-order chi connectivity index (χ1) is 9.94. The Morgan fingerprint density at radius 3 is 2.57 bits per heavy atom. The summed E-state index contributed by atoms with van der Waals surface area (Å²) < 4.78 is 40.2. The SMILES string of the molecule is O=C1[C@@H]2CNC[C@@H]2CCN1c1ccc(OC(F)(F)F)cc1. The minimum atomic E-state index is -4.70. The lowest BCUT2D eigenvalue weighted by molar-refractivity contribution is -0.274. The third-order valence-corrected chi connectivity index (χ3v) is 4.03. The molecule has 3 rings (SSSR count). The number of fused-ring (bicyclic) bond motifs is 1. The van der Waals surface area contributed by atoms with Crippen molar-refractivity contribution < 1.29 is 22.7 Å². The number of hydrogen-bond donors (Lipinski definition) is 1. The van der Waals surface area contributed by atoms with Crippen LogP contribution < -0.4 is 15.0 Å². The molecule has 0 saturated carbocycles. The van der Waals surface area contributed by atoms with Gasteiger partial charge in [0, 0.05) is 18.8 Å². The van der Waals surface area contributed by atoms with Crippen LogP contribution in [0, 0.1) is 11.8 Å². The molecule has 114 valence electrons. The van der Waals surface area contributed by atoms with Crippen LogP contribution in [0.2, 0.25) is 0 Å². The molecule has 0 radical (unpaired) electrons. The normalized spacial score (nSPS) is 25.9. The van der Waals surface area contributed by atoms with Gasteiger partial charge in [0.15, 0.2) is 0 Å². The van der Waals surface area contributed by atoms with E-state index in [1.165, 1.54) is 24.3 Å². The molecule has 7 heteroatoms. The van der Waals surface area contributed by atoms with E-state index in [0.29, 0.717) is 24.7 Å². The van der Waals surface area contributed by atoms with E-state index in [1.54, 1.807) is 4.90 Å². The number of alkyl halides is 3. The van der Waals surface area contributed by atoms with E-state index >= 15 is 0 Å². The van der Waals surface area contributed by atoms with Crippen LogP contribution in [0.25, 0.3) is 0 Å². The number of piperidine rings is 1. The topological polar surface area (TPSA) is 41.6 Å². The molecular formula is C14H15F3N2O2. The molecule has 1 aromatic carbocycles. The minimum absolute atomic E-state index is 0.0233. The number of anilines is 1. The zero-order valence-corrected chi connectivity index (χ0v) is 11.2. The number of nitrogens with one attached hydrogen (secondary N) is 1. The van der Waals surface area contributed by atoms with E-state index in [9.17, 15) is 18.0 Å². The second-order valence-corrected chi connectivity index (χ2v) is 5.35. The average molecular weight is 300 g/mol. The summed E-state index contributed by atoms with van der Waals surface area (Å²) in [4.78, 5) is 14.0. The maximum Gasteiger partial charge on any atom is 0.573 e. The molecule has 0 aromatic heterocycles. The van der Waals surface area contributed by atoms with Gasteiger partial charge in [-0.2, -0.15) is 0 Å². The minimum Gasteiger partial charge on any atom is -0.406 e. The smallest absolute Gasteiger partial charge is 0.406 e. The molecule has 1 N–H and O–H groups in total. The van der Waals surface area contributed by atoms with E-state index in [-0.39, 0.29) is 17.6 Å². The fourth-order valence-corrected chi connectivity index (χ4v) is 3.01. The van der Waals surface area contributed by atoms with Crippen LogP contribution in [0.5, 0.6) is 5.75 Å². The highest BCUT2D eigenvalue weighted by Crippen LogP contribution is 2.32. The molecule has 0 spiro atoms. The fourth-order valence-electron chi connectivity index (χ4n) is 3.01. The van der Waals surface area contributed by atoms with Crippen molar-refractivity contribution in [3.05, 3.63) is 24.3 Å². The van der Waals surface area contributed by atoms with Crippen molar-refractivity contribution in [3.63, 3.8) is 0 Å². The standard InChI is InChI=1S/C14H15F3N2O2/c15-14(16,17)21-11-3-1-10(2-4-11)19-6-5-9-7-18-8-12(9)13(19)20/h1-4,9,12,18H,5-8H2/t9-,12+/m0/s1. The molecule has 2 fully saturated rings. The number of rotatable bonds is 2. The lowest BCUT2D eigenvalue weighted by Gasteiger charge is -2.34. The van der Waals surface area contributed by atoms with Crippen molar-refractivity contribution in [2.45, 2.75) is 12.8 Å². The van der Waals surface area contributed by atoms with Crippen molar-refractivity contribution in [2.24, 2.45) is 11.8 Å².